The molecule has 0 radical (unpaired) electrons. The molecular formula is C7H3BrClF2N3. The molecular weight excluding hydrogens is 279 g/mol. The Morgan fingerprint density at radius 3 is 2.86 bits per heavy atom. The highest BCUT2D eigenvalue weighted by Crippen LogP contribution is 2.32. The first-order valence-corrected chi connectivity index (χ1v) is 4.75. The lowest BCUT2D eigenvalue weighted by Crippen LogP contribution is -1.89. The van der Waals surface area contributed by atoms with Gasteiger partial charge in [0.15, 0.2) is 5.65 Å². The largest absolute Gasteiger partial charge is 0.269 e. The number of aromatic nitrogens is 3. The summed E-state index contributed by atoms with van der Waals surface area (Å²) >= 11 is 8.64. The van der Waals surface area contributed by atoms with E-state index in [2.05, 4.69) is 31.1 Å². The SMILES string of the molecule is FC(F)c1cc(Cl)nc2n[nH]c(Br)c12. The molecule has 0 saturated heterocycles. The van der Waals surface area contributed by atoms with Crippen molar-refractivity contribution in [2.45, 2.75) is 6.43 Å². The lowest BCUT2D eigenvalue weighted by Gasteiger charge is -2.01. The fraction of sp³-hybridized carbons (Fsp3) is 0.143. The monoisotopic (exact) mass is 281 g/mol. The van der Waals surface area contributed by atoms with Gasteiger partial charge in [-0.25, -0.2) is 13.8 Å². The quantitative estimate of drug-likeness (QED) is 0.815. The Morgan fingerprint density at radius 1 is 1.50 bits per heavy atom. The normalized spacial score (nSPS) is 11.5. The molecule has 2 rings (SSSR count). The summed E-state index contributed by atoms with van der Waals surface area (Å²) in [5.41, 5.74) is 0.000278. The summed E-state index contributed by atoms with van der Waals surface area (Å²) in [6.07, 6.45) is -2.60. The van der Waals surface area contributed by atoms with Crippen LogP contribution in [0.2, 0.25) is 5.15 Å². The van der Waals surface area contributed by atoms with E-state index in [1.807, 2.05) is 0 Å². The van der Waals surface area contributed by atoms with Crippen LogP contribution in [0.3, 0.4) is 0 Å². The van der Waals surface area contributed by atoms with Crippen molar-refractivity contribution in [3.05, 3.63) is 21.4 Å². The second-order valence-electron chi connectivity index (χ2n) is 2.57. The maximum absolute atomic E-state index is 12.6. The first kappa shape index (κ1) is 9.79. The molecule has 0 aliphatic carbocycles. The van der Waals surface area contributed by atoms with Crippen molar-refractivity contribution in [2.75, 3.05) is 0 Å². The van der Waals surface area contributed by atoms with Crippen molar-refractivity contribution in [3.8, 4) is 0 Å². The number of fused-ring (bicyclic) bond motifs is 1. The lowest BCUT2D eigenvalue weighted by molar-refractivity contribution is 0.153. The maximum Gasteiger partial charge on any atom is 0.264 e. The second-order valence-corrected chi connectivity index (χ2v) is 3.75. The first-order chi connectivity index (χ1) is 6.59. The molecule has 0 unspecified atom stereocenters. The molecule has 74 valence electrons. The van der Waals surface area contributed by atoms with Crippen LogP contribution in [0.1, 0.15) is 12.0 Å². The predicted molar refractivity (Wildman–Crippen MR) is 51.6 cm³/mol. The van der Waals surface area contributed by atoms with E-state index in [9.17, 15) is 8.78 Å². The van der Waals surface area contributed by atoms with Crippen LogP contribution in [0.15, 0.2) is 10.7 Å². The van der Waals surface area contributed by atoms with Gasteiger partial charge in [0.05, 0.1) is 5.39 Å². The number of pyridine rings is 1. The molecule has 1 N–H and O–H groups in total. The Morgan fingerprint density at radius 2 is 2.21 bits per heavy atom. The van der Waals surface area contributed by atoms with Crippen molar-refractivity contribution in [1.82, 2.24) is 15.2 Å². The minimum Gasteiger partial charge on any atom is -0.269 e. The molecule has 0 spiro atoms. The Bertz CT molecular complexity index is 485. The van der Waals surface area contributed by atoms with Crippen LogP contribution in [0.25, 0.3) is 11.0 Å². The van der Waals surface area contributed by atoms with Gasteiger partial charge in [0, 0.05) is 5.56 Å². The fourth-order valence-corrected chi connectivity index (χ4v) is 1.85. The van der Waals surface area contributed by atoms with Crippen molar-refractivity contribution < 1.29 is 8.78 Å². The molecule has 14 heavy (non-hydrogen) atoms. The standard InChI is InChI=1S/C7H3BrClF2N3/c8-5-4-2(6(10)11)1-3(9)12-7(4)14-13-5/h1,6H,(H,12,13,14). The van der Waals surface area contributed by atoms with Crippen LogP contribution >= 0.6 is 27.5 Å². The summed E-state index contributed by atoms with van der Waals surface area (Å²) in [6.45, 7) is 0. The van der Waals surface area contributed by atoms with E-state index in [0.717, 1.165) is 6.07 Å². The Balaban J connectivity index is 2.83. The number of rotatable bonds is 1. The van der Waals surface area contributed by atoms with E-state index in [0.29, 0.717) is 4.60 Å². The molecule has 0 amide bonds. The Hall–Kier alpha value is -0.750. The number of alkyl halides is 2. The molecule has 2 aromatic heterocycles. The van der Waals surface area contributed by atoms with Crippen LogP contribution < -0.4 is 0 Å². The molecule has 0 aliphatic rings. The Labute approximate surface area is 90.6 Å². The van der Waals surface area contributed by atoms with E-state index in [1.165, 1.54) is 0 Å². The van der Waals surface area contributed by atoms with Gasteiger partial charge in [-0.3, -0.25) is 5.10 Å². The number of hydrogen-bond acceptors (Lipinski definition) is 2. The maximum atomic E-state index is 12.6. The zero-order valence-corrected chi connectivity index (χ0v) is 8.90. The summed E-state index contributed by atoms with van der Waals surface area (Å²) < 4.78 is 25.6. The first-order valence-electron chi connectivity index (χ1n) is 3.57. The highest BCUT2D eigenvalue weighted by atomic mass is 79.9. The third-order valence-corrected chi connectivity index (χ3v) is 2.48. The molecule has 0 bridgehead atoms. The predicted octanol–water partition coefficient (Wildman–Crippen LogP) is 3.31. The minimum atomic E-state index is -2.60. The van der Waals surface area contributed by atoms with Crippen molar-refractivity contribution in [3.63, 3.8) is 0 Å². The number of nitrogens with zero attached hydrogens (tertiary/aromatic N) is 2. The summed E-state index contributed by atoms with van der Waals surface area (Å²) in [4.78, 5) is 3.80. The number of H-pyrrole nitrogens is 1. The Kier molecular flexibility index (Phi) is 2.40. The zero-order chi connectivity index (χ0) is 10.3. The third-order valence-electron chi connectivity index (χ3n) is 1.71. The van der Waals surface area contributed by atoms with E-state index < -0.39 is 6.43 Å². The summed E-state index contributed by atoms with van der Waals surface area (Å²) in [5.74, 6) is 0. The average molecular weight is 282 g/mol. The second kappa shape index (κ2) is 3.43. The number of hydrogen-bond donors (Lipinski definition) is 1. The van der Waals surface area contributed by atoms with Crippen molar-refractivity contribution in [2.24, 2.45) is 0 Å². The zero-order valence-electron chi connectivity index (χ0n) is 6.56. The highest BCUT2D eigenvalue weighted by Gasteiger charge is 2.17. The number of nitrogens with one attached hydrogen (secondary N) is 1. The lowest BCUT2D eigenvalue weighted by atomic mass is 10.2. The van der Waals surface area contributed by atoms with Gasteiger partial charge in [0.2, 0.25) is 0 Å². The summed E-state index contributed by atoms with van der Waals surface area (Å²) in [5, 5.41) is 6.51. The van der Waals surface area contributed by atoms with Crippen LogP contribution in [0, 0.1) is 0 Å². The van der Waals surface area contributed by atoms with Crippen molar-refractivity contribution >= 4 is 38.6 Å². The van der Waals surface area contributed by atoms with Crippen LogP contribution in [0.4, 0.5) is 8.78 Å². The molecule has 2 heterocycles. The topological polar surface area (TPSA) is 41.6 Å². The van der Waals surface area contributed by atoms with Crippen LogP contribution in [-0.2, 0) is 0 Å². The molecule has 7 heteroatoms. The van der Waals surface area contributed by atoms with Gasteiger partial charge in [-0.2, -0.15) is 5.10 Å². The molecule has 0 atom stereocenters. The van der Waals surface area contributed by atoms with Gasteiger partial charge in [0.25, 0.3) is 6.43 Å². The molecule has 3 nitrogen and oxygen atoms in total. The third kappa shape index (κ3) is 1.48. The summed E-state index contributed by atoms with van der Waals surface area (Å²) in [6, 6.07) is 1.13. The molecule has 0 saturated carbocycles. The van der Waals surface area contributed by atoms with E-state index in [-0.39, 0.29) is 21.7 Å². The average Bonchev–Trinajstić information content (AvgIpc) is 2.46. The van der Waals surface area contributed by atoms with Gasteiger partial charge in [-0.05, 0) is 22.0 Å². The van der Waals surface area contributed by atoms with Gasteiger partial charge >= 0.3 is 0 Å². The van der Waals surface area contributed by atoms with Crippen molar-refractivity contribution in [1.29, 1.82) is 0 Å². The van der Waals surface area contributed by atoms with Gasteiger partial charge < -0.3 is 0 Å². The minimum absolute atomic E-state index is 0.00630. The van der Waals surface area contributed by atoms with E-state index >= 15 is 0 Å². The number of aromatic amines is 1. The van der Waals surface area contributed by atoms with Gasteiger partial charge in [-0.15, -0.1) is 0 Å². The van der Waals surface area contributed by atoms with E-state index in [1.54, 1.807) is 0 Å². The van der Waals surface area contributed by atoms with E-state index in [4.69, 9.17) is 11.6 Å². The van der Waals surface area contributed by atoms with Gasteiger partial charge in [-0.1, -0.05) is 11.6 Å². The van der Waals surface area contributed by atoms with Crippen LogP contribution in [-0.4, -0.2) is 15.2 Å². The van der Waals surface area contributed by atoms with Gasteiger partial charge in [0.1, 0.15) is 9.76 Å². The molecule has 2 aromatic rings. The highest BCUT2D eigenvalue weighted by molar-refractivity contribution is 9.10. The van der Waals surface area contributed by atoms with Crippen LogP contribution in [0.5, 0.6) is 0 Å². The molecule has 0 fully saturated rings. The number of halogens is 4. The molecule has 0 aliphatic heterocycles. The molecule has 0 aromatic carbocycles. The smallest absolute Gasteiger partial charge is 0.264 e. The summed E-state index contributed by atoms with van der Waals surface area (Å²) in [7, 11) is 0. The fourth-order valence-electron chi connectivity index (χ4n) is 1.15.